The molecular formula is C27H44O3. The van der Waals surface area contributed by atoms with Crippen LogP contribution in [0.5, 0.6) is 0 Å². The van der Waals surface area contributed by atoms with Gasteiger partial charge in [-0.15, -0.1) is 0 Å². The Labute approximate surface area is 184 Å². The standard InChI is InChI=1S/C27H44O3/c1-19-9-12-22(28)18-21(19)11-10-20-8-6-16-26(4)23(20)13-14-24(26)27(5,30)17-7-15-25(2,3)29/h10-11,22-24,28-30H,1,6-9,12-18H2,2-5H3/b20-10?,21-11-/t22-,23?,24-,26-,27-/m0/s1. The zero-order valence-corrected chi connectivity index (χ0v) is 19.7. The summed E-state index contributed by atoms with van der Waals surface area (Å²) < 4.78 is 0. The van der Waals surface area contributed by atoms with Crippen LogP contribution in [0.15, 0.2) is 35.5 Å². The largest absolute Gasteiger partial charge is 0.393 e. The summed E-state index contributed by atoms with van der Waals surface area (Å²) in [5.41, 5.74) is 2.71. The van der Waals surface area contributed by atoms with Gasteiger partial charge in [-0.25, -0.2) is 0 Å². The molecule has 0 spiro atoms. The van der Waals surface area contributed by atoms with Crippen molar-refractivity contribution in [1.82, 2.24) is 0 Å². The Morgan fingerprint density at radius 3 is 2.50 bits per heavy atom. The van der Waals surface area contributed by atoms with Crippen LogP contribution in [-0.2, 0) is 0 Å². The van der Waals surface area contributed by atoms with Crippen molar-refractivity contribution in [3.05, 3.63) is 35.5 Å². The fourth-order valence-corrected chi connectivity index (χ4v) is 6.71. The molecule has 0 heterocycles. The SMILES string of the molecule is C=C1CC[C@H](O)C/C1=C/C=C1CCC[C@@]2(C)C1CC[C@@H]2[C@@](C)(O)CCCC(C)(C)O. The van der Waals surface area contributed by atoms with Crippen molar-refractivity contribution in [1.29, 1.82) is 0 Å². The zero-order chi connectivity index (χ0) is 22.2. The molecule has 5 atom stereocenters. The molecule has 3 saturated carbocycles. The second-order valence-corrected chi connectivity index (χ2v) is 11.5. The lowest BCUT2D eigenvalue weighted by Crippen LogP contribution is -2.45. The van der Waals surface area contributed by atoms with Gasteiger partial charge in [-0.05, 0) is 114 Å². The molecule has 0 amide bonds. The molecule has 0 aromatic carbocycles. The molecule has 3 N–H and O–H groups in total. The van der Waals surface area contributed by atoms with Crippen LogP contribution in [0.2, 0.25) is 0 Å². The predicted molar refractivity (Wildman–Crippen MR) is 124 cm³/mol. The van der Waals surface area contributed by atoms with Gasteiger partial charge in [-0.3, -0.25) is 0 Å². The first-order valence-corrected chi connectivity index (χ1v) is 12.1. The number of aliphatic hydroxyl groups is 3. The maximum atomic E-state index is 11.4. The van der Waals surface area contributed by atoms with Crippen LogP contribution in [0.1, 0.15) is 98.3 Å². The first-order valence-electron chi connectivity index (χ1n) is 12.1. The summed E-state index contributed by atoms with van der Waals surface area (Å²) in [5.74, 6) is 0.843. The quantitative estimate of drug-likeness (QED) is 0.509. The van der Waals surface area contributed by atoms with Crippen LogP contribution in [0.4, 0.5) is 0 Å². The Balaban J connectivity index is 1.74. The van der Waals surface area contributed by atoms with Crippen LogP contribution < -0.4 is 0 Å². The molecule has 3 aliphatic rings. The van der Waals surface area contributed by atoms with E-state index in [0.29, 0.717) is 11.8 Å². The van der Waals surface area contributed by atoms with Crippen molar-refractivity contribution in [3.63, 3.8) is 0 Å². The van der Waals surface area contributed by atoms with E-state index in [1.165, 1.54) is 29.6 Å². The van der Waals surface area contributed by atoms with Gasteiger partial charge >= 0.3 is 0 Å². The van der Waals surface area contributed by atoms with E-state index in [1.54, 1.807) is 0 Å². The average Bonchev–Trinajstić information content (AvgIpc) is 2.99. The summed E-state index contributed by atoms with van der Waals surface area (Å²) in [6, 6.07) is 0. The molecule has 0 aromatic heterocycles. The number of rotatable bonds is 6. The third-order valence-electron chi connectivity index (χ3n) is 8.37. The van der Waals surface area contributed by atoms with Gasteiger partial charge in [0.1, 0.15) is 0 Å². The number of fused-ring (bicyclic) bond motifs is 1. The number of aliphatic hydroxyl groups excluding tert-OH is 1. The monoisotopic (exact) mass is 416 g/mol. The van der Waals surface area contributed by atoms with Gasteiger partial charge in [0.2, 0.25) is 0 Å². The van der Waals surface area contributed by atoms with Crippen molar-refractivity contribution in [2.24, 2.45) is 17.3 Å². The lowest BCUT2D eigenvalue weighted by Gasteiger charge is -2.47. The molecule has 0 aliphatic heterocycles. The van der Waals surface area contributed by atoms with E-state index >= 15 is 0 Å². The Kier molecular flexibility index (Phi) is 7.06. The zero-order valence-electron chi connectivity index (χ0n) is 19.7. The van der Waals surface area contributed by atoms with Crippen molar-refractivity contribution < 1.29 is 15.3 Å². The van der Waals surface area contributed by atoms with Crippen LogP contribution in [-0.4, -0.2) is 32.6 Å². The summed E-state index contributed by atoms with van der Waals surface area (Å²) in [4.78, 5) is 0. The molecule has 3 aliphatic carbocycles. The summed E-state index contributed by atoms with van der Waals surface area (Å²) >= 11 is 0. The van der Waals surface area contributed by atoms with E-state index in [9.17, 15) is 15.3 Å². The smallest absolute Gasteiger partial charge is 0.0653 e. The van der Waals surface area contributed by atoms with Gasteiger partial charge in [-0.2, -0.15) is 0 Å². The molecular weight excluding hydrogens is 372 g/mol. The molecule has 170 valence electrons. The van der Waals surface area contributed by atoms with Crippen LogP contribution >= 0.6 is 0 Å². The molecule has 3 heteroatoms. The van der Waals surface area contributed by atoms with Crippen molar-refractivity contribution in [2.75, 3.05) is 0 Å². The van der Waals surface area contributed by atoms with Gasteiger partial charge < -0.3 is 15.3 Å². The first kappa shape index (κ1) is 23.8. The van der Waals surface area contributed by atoms with Crippen LogP contribution in [0.3, 0.4) is 0 Å². The molecule has 30 heavy (non-hydrogen) atoms. The number of hydrogen-bond acceptors (Lipinski definition) is 3. The molecule has 3 fully saturated rings. The second kappa shape index (κ2) is 8.92. The topological polar surface area (TPSA) is 60.7 Å². The maximum absolute atomic E-state index is 11.4. The van der Waals surface area contributed by atoms with E-state index in [-0.39, 0.29) is 11.5 Å². The highest BCUT2D eigenvalue weighted by Gasteiger charge is 2.54. The van der Waals surface area contributed by atoms with Crippen molar-refractivity contribution >= 4 is 0 Å². The highest BCUT2D eigenvalue weighted by Crippen LogP contribution is 2.60. The van der Waals surface area contributed by atoms with Crippen LogP contribution in [0.25, 0.3) is 0 Å². The molecule has 0 bridgehead atoms. The minimum Gasteiger partial charge on any atom is -0.393 e. The van der Waals surface area contributed by atoms with Crippen LogP contribution in [0, 0.1) is 17.3 Å². The van der Waals surface area contributed by atoms with Crippen molar-refractivity contribution in [2.45, 2.75) is 116 Å². The first-order chi connectivity index (χ1) is 13.9. The summed E-state index contributed by atoms with van der Waals surface area (Å²) in [7, 11) is 0. The fourth-order valence-electron chi connectivity index (χ4n) is 6.71. The normalized spacial score (nSPS) is 37.4. The van der Waals surface area contributed by atoms with Gasteiger partial charge in [0.05, 0.1) is 17.3 Å². The minimum absolute atomic E-state index is 0.143. The van der Waals surface area contributed by atoms with E-state index in [0.717, 1.165) is 57.8 Å². The lowest BCUT2D eigenvalue weighted by atomic mass is 9.59. The predicted octanol–water partition coefficient (Wildman–Crippen LogP) is 5.85. The molecule has 0 aromatic rings. The lowest BCUT2D eigenvalue weighted by molar-refractivity contribution is -0.0680. The van der Waals surface area contributed by atoms with E-state index in [2.05, 4.69) is 25.7 Å². The Morgan fingerprint density at radius 1 is 1.07 bits per heavy atom. The van der Waals surface area contributed by atoms with E-state index in [4.69, 9.17) is 0 Å². The average molecular weight is 417 g/mol. The second-order valence-electron chi connectivity index (χ2n) is 11.5. The summed E-state index contributed by atoms with van der Waals surface area (Å²) in [6.45, 7) is 12.3. The Morgan fingerprint density at radius 2 is 1.80 bits per heavy atom. The van der Waals surface area contributed by atoms with Gasteiger partial charge in [0.15, 0.2) is 0 Å². The minimum atomic E-state index is -0.683. The van der Waals surface area contributed by atoms with E-state index in [1.807, 2.05) is 20.8 Å². The Hall–Kier alpha value is -0.900. The van der Waals surface area contributed by atoms with Gasteiger partial charge in [0.25, 0.3) is 0 Å². The highest BCUT2D eigenvalue weighted by atomic mass is 16.3. The van der Waals surface area contributed by atoms with Crippen molar-refractivity contribution in [3.8, 4) is 0 Å². The number of hydrogen-bond donors (Lipinski definition) is 3. The maximum Gasteiger partial charge on any atom is 0.0653 e. The van der Waals surface area contributed by atoms with Gasteiger partial charge in [0, 0.05) is 0 Å². The summed E-state index contributed by atoms with van der Waals surface area (Å²) in [6.07, 6.45) is 14.9. The molecule has 3 rings (SSSR count). The molecule has 0 radical (unpaired) electrons. The third kappa shape index (κ3) is 5.29. The fraction of sp³-hybridized carbons (Fsp3) is 0.778. The number of allylic oxidation sites excluding steroid dienone is 4. The van der Waals surface area contributed by atoms with E-state index < -0.39 is 11.2 Å². The molecule has 1 unspecified atom stereocenters. The third-order valence-corrected chi connectivity index (χ3v) is 8.37. The summed E-state index contributed by atoms with van der Waals surface area (Å²) in [5, 5.41) is 31.5. The molecule has 3 nitrogen and oxygen atoms in total. The Bertz CT molecular complexity index is 693. The van der Waals surface area contributed by atoms with Gasteiger partial charge in [-0.1, -0.05) is 36.8 Å². The molecule has 0 saturated heterocycles. The highest BCUT2D eigenvalue weighted by molar-refractivity contribution is 5.36.